The maximum absolute atomic E-state index is 11.8. The number of allylic oxidation sites excluding steroid dienone is 3. The number of hydrogen-bond acceptors (Lipinski definition) is 3. The lowest BCUT2D eigenvalue weighted by molar-refractivity contribution is -0.120. The monoisotopic (exact) mass is 348 g/mol. The molecular weight excluding hydrogens is 316 g/mol. The quantitative estimate of drug-likeness (QED) is 0.701. The van der Waals surface area contributed by atoms with Crippen molar-refractivity contribution in [2.24, 2.45) is 0 Å². The molecule has 0 saturated heterocycles. The number of nitrogens with one attached hydrogen (secondary N) is 2. The van der Waals surface area contributed by atoms with E-state index in [4.69, 9.17) is 4.74 Å². The molecule has 5 heteroatoms. The van der Waals surface area contributed by atoms with Gasteiger partial charge in [-0.1, -0.05) is 19.1 Å². The number of amides is 2. The molecule has 0 spiro atoms. The van der Waals surface area contributed by atoms with E-state index in [1.165, 1.54) is 5.57 Å². The molecule has 0 aliphatic carbocycles. The van der Waals surface area contributed by atoms with E-state index in [0.717, 1.165) is 36.1 Å². The number of hydrogen-bond donors (Lipinski definition) is 2. The summed E-state index contributed by atoms with van der Waals surface area (Å²) >= 11 is 0. The largest absolute Gasteiger partial charge is 0.444 e. The standard InChI is InChI=1S/C20H32N2O3/c1-7-14(2)16(11-12-21-19(24)25-20(4,5)6)13-17-15(3)9-8-10-18(23)22-17/h13H,2,7-12H2,1,3-6H3,(H,21,24)(H,22,23)/b16-13-. The Morgan fingerprint density at radius 1 is 1.36 bits per heavy atom. The lowest BCUT2D eigenvalue weighted by Gasteiger charge is -2.20. The molecule has 0 fully saturated rings. The second-order valence-corrected chi connectivity index (χ2v) is 7.40. The molecule has 25 heavy (non-hydrogen) atoms. The minimum absolute atomic E-state index is 0.0523. The van der Waals surface area contributed by atoms with Gasteiger partial charge in [0.25, 0.3) is 0 Å². The topological polar surface area (TPSA) is 67.4 Å². The third-order valence-electron chi connectivity index (χ3n) is 3.95. The van der Waals surface area contributed by atoms with Gasteiger partial charge in [0.2, 0.25) is 5.91 Å². The lowest BCUT2D eigenvalue weighted by atomic mass is 9.99. The van der Waals surface area contributed by atoms with Crippen LogP contribution in [0.4, 0.5) is 4.79 Å². The van der Waals surface area contributed by atoms with Crippen LogP contribution in [0.5, 0.6) is 0 Å². The predicted octanol–water partition coefficient (Wildman–Crippen LogP) is 4.37. The fourth-order valence-electron chi connectivity index (χ4n) is 2.49. The van der Waals surface area contributed by atoms with E-state index in [0.29, 0.717) is 19.4 Å². The number of alkyl carbamates (subject to hydrolysis) is 1. The maximum Gasteiger partial charge on any atom is 0.407 e. The van der Waals surface area contributed by atoms with E-state index in [-0.39, 0.29) is 5.91 Å². The van der Waals surface area contributed by atoms with Crippen LogP contribution >= 0.6 is 0 Å². The second-order valence-electron chi connectivity index (χ2n) is 7.40. The Morgan fingerprint density at radius 2 is 2.04 bits per heavy atom. The second kappa shape index (κ2) is 9.44. The zero-order valence-corrected chi connectivity index (χ0v) is 16.3. The van der Waals surface area contributed by atoms with E-state index in [1.807, 2.05) is 40.7 Å². The molecule has 1 aliphatic rings. The number of rotatable bonds is 6. The predicted molar refractivity (Wildman–Crippen MR) is 101 cm³/mol. The van der Waals surface area contributed by atoms with E-state index in [9.17, 15) is 9.59 Å². The Labute approximate surface area is 151 Å². The molecule has 0 bridgehead atoms. The van der Waals surface area contributed by atoms with Gasteiger partial charge in [-0.3, -0.25) is 4.79 Å². The first-order valence-electron chi connectivity index (χ1n) is 8.97. The average molecular weight is 348 g/mol. The van der Waals surface area contributed by atoms with Crippen molar-refractivity contribution >= 4 is 12.0 Å². The van der Waals surface area contributed by atoms with Crippen LogP contribution in [0.25, 0.3) is 0 Å². The highest BCUT2D eigenvalue weighted by Gasteiger charge is 2.16. The van der Waals surface area contributed by atoms with Crippen molar-refractivity contribution in [3.63, 3.8) is 0 Å². The molecule has 0 aromatic rings. The van der Waals surface area contributed by atoms with Crippen LogP contribution in [0.3, 0.4) is 0 Å². The van der Waals surface area contributed by atoms with Gasteiger partial charge in [0.1, 0.15) is 5.60 Å². The number of carbonyl (C=O) groups excluding carboxylic acids is 2. The molecule has 2 N–H and O–H groups in total. The highest BCUT2D eigenvalue weighted by molar-refractivity contribution is 5.79. The van der Waals surface area contributed by atoms with Gasteiger partial charge in [0.15, 0.2) is 0 Å². The van der Waals surface area contributed by atoms with Gasteiger partial charge in [-0.25, -0.2) is 4.79 Å². The van der Waals surface area contributed by atoms with Crippen molar-refractivity contribution in [3.05, 3.63) is 35.1 Å². The maximum atomic E-state index is 11.8. The van der Waals surface area contributed by atoms with Gasteiger partial charge in [-0.05, 0) is 70.6 Å². The minimum Gasteiger partial charge on any atom is -0.444 e. The van der Waals surface area contributed by atoms with Crippen molar-refractivity contribution < 1.29 is 14.3 Å². The van der Waals surface area contributed by atoms with Gasteiger partial charge in [0, 0.05) is 18.7 Å². The first kappa shape index (κ1) is 21.0. The Bertz CT molecular complexity index is 580. The normalized spacial score (nSPS) is 16.2. The number of ether oxygens (including phenoxy) is 1. The molecule has 0 aromatic heterocycles. The van der Waals surface area contributed by atoms with E-state index in [2.05, 4.69) is 17.2 Å². The Balaban J connectivity index is 2.79. The molecule has 5 nitrogen and oxygen atoms in total. The first-order chi connectivity index (χ1) is 11.6. The third kappa shape index (κ3) is 8.05. The summed E-state index contributed by atoms with van der Waals surface area (Å²) in [4.78, 5) is 23.6. The van der Waals surface area contributed by atoms with Crippen molar-refractivity contribution in [2.45, 2.75) is 72.3 Å². The van der Waals surface area contributed by atoms with Crippen molar-refractivity contribution in [3.8, 4) is 0 Å². The zero-order valence-electron chi connectivity index (χ0n) is 16.3. The van der Waals surface area contributed by atoms with Crippen LogP contribution in [0, 0.1) is 0 Å². The summed E-state index contributed by atoms with van der Waals surface area (Å²) in [5.41, 5.74) is 3.57. The molecule has 1 rings (SSSR count). The summed E-state index contributed by atoms with van der Waals surface area (Å²) in [6.07, 6.45) is 5.37. The summed E-state index contributed by atoms with van der Waals surface area (Å²) in [6.45, 7) is 14.2. The first-order valence-corrected chi connectivity index (χ1v) is 8.97. The molecule has 1 aliphatic heterocycles. The van der Waals surface area contributed by atoms with Gasteiger partial charge in [0.05, 0.1) is 0 Å². The Kier molecular flexibility index (Phi) is 7.94. The van der Waals surface area contributed by atoms with Crippen LogP contribution < -0.4 is 10.6 Å². The van der Waals surface area contributed by atoms with Crippen LogP contribution in [-0.2, 0) is 9.53 Å². The zero-order chi connectivity index (χ0) is 19.0. The molecule has 0 atom stereocenters. The van der Waals surface area contributed by atoms with E-state index >= 15 is 0 Å². The third-order valence-corrected chi connectivity index (χ3v) is 3.95. The Morgan fingerprint density at radius 3 is 2.64 bits per heavy atom. The van der Waals surface area contributed by atoms with Crippen LogP contribution in [0.15, 0.2) is 35.1 Å². The summed E-state index contributed by atoms with van der Waals surface area (Å²) < 4.78 is 5.25. The van der Waals surface area contributed by atoms with Gasteiger partial charge in [-0.2, -0.15) is 0 Å². The molecule has 140 valence electrons. The van der Waals surface area contributed by atoms with Crippen LogP contribution in [0.2, 0.25) is 0 Å². The SMILES string of the molecule is C=C(CC)/C(=C\C1=C(C)CCCC(=O)N1)CCNC(=O)OC(C)(C)C. The van der Waals surface area contributed by atoms with Crippen molar-refractivity contribution in [2.75, 3.05) is 6.54 Å². The van der Waals surface area contributed by atoms with Crippen molar-refractivity contribution in [1.29, 1.82) is 0 Å². The summed E-state index contributed by atoms with van der Waals surface area (Å²) in [7, 11) is 0. The van der Waals surface area contributed by atoms with Crippen LogP contribution in [0.1, 0.15) is 66.7 Å². The van der Waals surface area contributed by atoms with E-state index < -0.39 is 11.7 Å². The van der Waals surface area contributed by atoms with Gasteiger partial charge < -0.3 is 15.4 Å². The molecule has 0 radical (unpaired) electrons. The fourth-order valence-corrected chi connectivity index (χ4v) is 2.49. The van der Waals surface area contributed by atoms with Crippen LogP contribution in [-0.4, -0.2) is 24.1 Å². The average Bonchev–Trinajstić information content (AvgIpc) is 2.65. The van der Waals surface area contributed by atoms with Crippen molar-refractivity contribution in [1.82, 2.24) is 10.6 Å². The smallest absolute Gasteiger partial charge is 0.407 e. The number of carbonyl (C=O) groups is 2. The summed E-state index contributed by atoms with van der Waals surface area (Å²) in [5.74, 6) is 0.0523. The molecular formula is C20H32N2O3. The molecule has 0 saturated carbocycles. The van der Waals surface area contributed by atoms with Gasteiger partial charge in [-0.15, -0.1) is 0 Å². The molecule has 1 heterocycles. The summed E-state index contributed by atoms with van der Waals surface area (Å²) in [6, 6.07) is 0. The highest BCUT2D eigenvalue weighted by atomic mass is 16.6. The lowest BCUT2D eigenvalue weighted by Crippen LogP contribution is -2.33. The fraction of sp³-hybridized carbons (Fsp3) is 0.600. The minimum atomic E-state index is -0.512. The summed E-state index contributed by atoms with van der Waals surface area (Å²) in [5, 5.41) is 5.75. The molecule has 0 aromatic carbocycles. The Hall–Kier alpha value is -2.04. The molecule has 2 amide bonds. The van der Waals surface area contributed by atoms with E-state index in [1.54, 1.807) is 0 Å². The van der Waals surface area contributed by atoms with Gasteiger partial charge >= 0.3 is 6.09 Å². The molecule has 0 unspecified atom stereocenters. The highest BCUT2D eigenvalue weighted by Crippen LogP contribution is 2.22.